The van der Waals surface area contributed by atoms with Gasteiger partial charge in [0.15, 0.2) is 5.96 Å². The van der Waals surface area contributed by atoms with E-state index in [-0.39, 0.29) is 5.82 Å². The second kappa shape index (κ2) is 10.0. The quantitative estimate of drug-likeness (QED) is 0.577. The Kier molecular flexibility index (Phi) is 6.96. The van der Waals surface area contributed by atoms with E-state index >= 15 is 0 Å². The van der Waals surface area contributed by atoms with Crippen LogP contribution in [0, 0.1) is 5.82 Å². The van der Waals surface area contributed by atoms with Crippen molar-refractivity contribution >= 4 is 5.96 Å². The highest BCUT2D eigenvalue weighted by Crippen LogP contribution is 2.20. The number of guanidine groups is 1. The molecule has 2 aromatic rings. The van der Waals surface area contributed by atoms with Gasteiger partial charge in [0.2, 0.25) is 5.89 Å². The first-order chi connectivity index (χ1) is 14.7. The van der Waals surface area contributed by atoms with Crippen LogP contribution in [0.2, 0.25) is 0 Å². The van der Waals surface area contributed by atoms with E-state index in [9.17, 15) is 4.39 Å². The summed E-state index contributed by atoms with van der Waals surface area (Å²) < 4.78 is 24.1. The second-order valence-corrected chi connectivity index (χ2v) is 7.67. The van der Waals surface area contributed by atoms with Crippen LogP contribution in [0.5, 0.6) is 0 Å². The van der Waals surface area contributed by atoms with E-state index in [1.165, 1.54) is 12.1 Å². The van der Waals surface area contributed by atoms with E-state index in [4.69, 9.17) is 14.1 Å². The smallest absolute Gasteiger partial charge is 0.226 e. The molecule has 1 aromatic carbocycles. The molecule has 30 heavy (non-hydrogen) atoms. The summed E-state index contributed by atoms with van der Waals surface area (Å²) in [6.45, 7) is 9.31. The molecule has 4 rings (SSSR count). The molecule has 162 valence electrons. The Morgan fingerprint density at radius 2 is 2.03 bits per heavy atom. The summed E-state index contributed by atoms with van der Waals surface area (Å²) in [6.07, 6.45) is 3.51. The Morgan fingerprint density at radius 3 is 2.80 bits per heavy atom. The molecule has 0 amide bonds. The summed E-state index contributed by atoms with van der Waals surface area (Å²) in [5.41, 5.74) is 1.62. The van der Waals surface area contributed by atoms with Gasteiger partial charge in [0.1, 0.15) is 12.1 Å². The molecular formula is C22H30FN5O2. The minimum absolute atomic E-state index is 0.270. The third-order valence-electron chi connectivity index (χ3n) is 5.63. The van der Waals surface area contributed by atoms with Gasteiger partial charge in [-0.1, -0.05) is 0 Å². The lowest BCUT2D eigenvalue weighted by molar-refractivity contribution is 0.0195. The van der Waals surface area contributed by atoms with Gasteiger partial charge in [0.05, 0.1) is 18.9 Å². The normalized spacial score (nSPS) is 20.7. The van der Waals surface area contributed by atoms with E-state index in [2.05, 4.69) is 27.0 Å². The molecule has 0 radical (unpaired) electrons. The van der Waals surface area contributed by atoms with Crippen molar-refractivity contribution in [1.82, 2.24) is 20.1 Å². The van der Waals surface area contributed by atoms with Crippen molar-refractivity contribution in [2.75, 3.05) is 52.5 Å². The minimum atomic E-state index is -0.270. The lowest BCUT2D eigenvalue weighted by Crippen LogP contribution is -2.46. The maximum Gasteiger partial charge on any atom is 0.226 e. The van der Waals surface area contributed by atoms with Gasteiger partial charge in [-0.3, -0.25) is 9.89 Å². The predicted octanol–water partition coefficient (Wildman–Crippen LogP) is 2.40. The highest BCUT2D eigenvalue weighted by atomic mass is 19.1. The van der Waals surface area contributed by atoms with Gasteiger partial charge < -0.3 is 19.4 Å². The molecule has 3 heterocycles. The Labute approximate surface area is 176 Å². The van der Waals surface area contributed by atoms with Crippen LogP contribution >= 0.6 is 0 Å². The molecule has 2 saturated heterocycles. The molecule has 1 aromatic heterocycles. The zero-order chi connectivity index (χ0) is 20.8. The van der Waals surface area contributed by atoms with E-state index in [0.29, 0.717) is 24.9 Å². The van der Waals surface area contributed by atoms with Crippen LogP contribution < -0.4 is 5.32 Å². The van der Waals surface area contributed by atoms with Gasteiger partial charge in [-0.25, -0.2) is 9.37 Å². The summed E-state index contributed by atoms with van der Waals surface area (Å²) in [6, 6.07) is 6.74. The third kappa shape index (κ3) is 5.17. The second-order valence-electron chi connectivity index (χ2n) is 7.67. The van der Waals surface area contributed by atoms with Crippen molar-refractivity contribution < 1.29 is 13.5 Å². The molecule has 1 atom stereocenters. The summed E-state index contributed by atoms with van der Waals surface area (Å²) in [4.78, 5) is 14.2. The first-order valence-corrected chi connectivity index (χ1v) is 10.8. The number of hydrogen-bond acceptors (Lipinski definition) is 5. The van der Waals surface area contributed by atoms with Crippen LogP contribution in [-0.2, 0) is 11.2 Å². The van der Waals surface area contributed by atoms with Gasteiger partial charge in [-0.15, -0.1) is 0 Å². The lowest BCUT2D eigenvalue weighted by Gasteiger charge is -2.32. The number of morpholine rings is 1. The van der Waals surface area contributed by atoms with Crippen LogP contribution in [0.25, 0.3) is 11.5 Å². The molecule has 7 nitrogen and oxygen atoms in total. The fourth-order valence-electron chi connectivity index (χ4n) is 4.02. The van der Waals surface area contributed by atoms with Crippen molar-refractivity contribution in [2.24, 2.45) is 4.99 Å². The zero-order valence-corrected chi connectivity index (χ0v) is 17.5. The Morgan fingerprint density at radius 1 is 1.23 bits per heavy atom. The molecule has 0 aliphatic carbocycles. The number of hydrogen-bond donors (Lipinski definition) is 1. The number of likely N-dealkylation sites (tertiary alicyclic amines) is 1. The third-order valence-corrected chi connectivity index (χ3v) is 5.63. The topological polar surface area (TPSA) is 66.1 Å². The SMILES string of the molecule is CCNC(=NCCc1coc(-c2ccc(F)cc2)n1)N1CCC(N2CCOCC2)C1. The number of halogens is 1. The maximum atomic E-state index is 13.1. The fourth-order valence-corrected chi connectivity index (χ4v) is 4.02. The van der Waals surface area contributed by atoms with Crippen molar-refractivity contribution in [3.63, 3.8) is 0 Å². The number of rotatable bonds is 6. The predicted molar refractivity (Wildman–Crippen MR) is 114 cm³/mol. The van der Waals surface area contributed by atoms with Crippen molar-refractivity contribution in [3.8, 4) is 11.5 Å². The standard InChI is InChI=1S/C22H30FN5O2/c1-2-24-22(28-10-8-20(15-28)27-11-13-29-14-12-27)25-9-7-19-16-30-21(26-19)17-3-5-18(23)6-4-17/h3-6,16,20H,2,7-15H2,1H3,(H,24,25). The van der Waals surface area contributed by atoms with Crippen LogP contribution in [0.3, 0.4) is 0 Å². The van der Waals surface area contributed by atoms with Crippen molar-refractivity contribution in [2.45, 2.75) is 25.8 Å². The zero-order valence-electron chi connectivity index (χ0n) is 17.5. The molecule has 2 aliphatic heterocycles. The average Bonchev–Trinajstić information content (AvgIpc) is 3.45. The molecule has 0 spiro atoms. The number of ether oxygens (including phenoxy) is 1. The highest BCUT2D eigenvalue weighted by Gasteiger charge is 2.30. The largest absolute Gasteiger partial charge is 0.444 e. The molecule has 2 aliphatic rings. The van der Waals surface area contributed by atoms with Gasteiger partial charge in [-0.05, 0) is 37.6 Å². The molecule has 2 fully saturated rings. The van der Waals surface area contributed by atoms with Gasteiger partial charge in [0.25, 0.3) is 0 Å². The van der Waals surface area contributed by atoms with Crippen LogP contribution in [0.1, 0.15) is 19.0 Å². The first kappa shape index (κ1) is 20.8. The van der Waals surface area contributed by atoms with Crippen molar-refractivity contribution in [1.29, 1.82) is 0 Å². The van der Waals surface area contributed by atoms with Gasteiger partial charge in [-0.2, -0.15) is 0 Å². The van der Waals surface area contributed by atoms with Crippen molar-refractivity contribution in [3.05, 3.63) is 42.0 Å². The molecule has 1 unspecified atom stereocenters. The van der Waals surface area contributed by atoms with Crippen LogP contribution in [-0.4, -0.2) is 79.3 Å². The lowest BCUT2D eigenvalue weighted by atomic mass is 10.2. The number of oxazole rings is 1. The molecule has 0 saturated carbocycles. The Hall–Kier alpha value is -2.45. The average molecular weight is 416 g/mol. The minimum Gasteiger partial charge on any atom is -0.444 e. The molecule has 1 N–H and O–H groups in total. The van der Waals surface area contributed by atoms with Gasteiger partial charge >= 0.3 is 0 Å². The van der Waals surface area contributed by atoms with Gasteiger partial charge in [0, 0.05) is 57.3 Å². The van der Waals surface area contributed by atoms with E-state index in [0.717, 1.165) is 69.6 Å². The first-order valence-electron chi connectivity index (χ1n) is 10.8. The highest BCUT2D eigenvalue weighted by molar-refractivity contribution is 5.80. The van der Waals surface area contributed by atoms with Crippen LogP contribution in [0.15, 0.2) is 39.9 Å². The van der Waals surface area contributed by atoms with E-state index in [1.807, 2.05) is 0 Å². The fraction of sp³-hybridized carbons (Fsp3) is 0.545. The van der Waals surface area contributed by atoms with Crippen LogP contribution in [0.4, 0.5) is 4.39 Å². The Balaban J connectivity index is 1.33. The molecule has 8 heteroatoms. The Bertz CT molecular complexity index is 832. The number of aromatic nitrogens is 1. The summed E-state index contributed by atoms with van der Waals surface area (Å²) in [5.74, 6) is 1.21. The maximum absolute atomic E-state index is 13.1. The summed E-state index contributed by atoms with van der Waals surface area (Å²) in [5, 5.41) is 3.42. The number of aliphatic imine (C=N–C) groups is 1. The molecular weight excluding hydrogens is 385 g/mol. The number of nitrogens with zero attached hydrogens (tertiary/aromatic N) is 4. The molecule has 0 bridgehead atoms. The summed E-state index contributed by atoms with van der Waals surface area (Å²) in [7, 11) is 0. The van der Waals surface area contributed by atoms with E-state index in [1.54, 1.807) is 18.4 Å². The monoisotopic (exact) mass is 415 g/mol. The summed E-state index contributed by atoms with van der Waals surface area (Å²) >= 11 is 0. The number of nitrogens with one attached hydrogen (secondary N) is 1. The van der Waals surface area contributed by atoms with E-state index < -0.39 is 0 Å². The number of benzene rings is 1.